The van der Waals surface area contributed by atoms with Crippen molar-refractivity contribution in [3.8, 4) is 0 Å². The highest BCUT2D eigenvalue weighted by Crippen LogP contribution is 2.25. The Morgan fingerprint density at radius 1 is 1.00 bits per heavy atom. The van der Waals surface area contributed by atoms with E-state index < -0.39 is 5.97 Å². The van der Waals surface area contributed by atoms with Crippen LogP contribution in [0.5, 0.6) is 0 Å². The van der Waals surface area contributed by atoms with Gasteiger partial charge in [0.25, 0.3) is 5.91 Å². The highest BCUT2D eigenvalue weighted by Gasteiger charge is 2.11. The van der Waals surface area contributed by atoms with Gasteiger partial charge in [-0.05, 0) is 64.8 Å². The second-order valence-corrected chi connectivity index (χ2v) is 6.13. The summed E-state index contributed by atoms with van der Waals surface area (Å²) in [5, 5.41) is 11.6. The quantitative estimate of drug-likeness (QED) is 0.781. The van der Waals surface area contributed by atoms with Crippen molar-refractivity contribution in [1.29, 1.82) is 0 Å². The van der Waals surface area contributed by atoms with Crippen LogP contribution in [-0.2, 0) is 0 Å². The molecule has 1 amide bonds. The number of carbonyl (C=O) groups excluding carboxylic acids is 1. The van der Waals surface area contributed by atoms with Gasteiger partial charge in [0.2, 0.25) is 0 Å². The number of anilines is 1. The molecule has 2 rings (SSSR count). The van der Waals surface area contributed by atoms with E-state index in [9.17, 15) is 9.59 Å². The van der Waals surface area contributed by atoms with Crippen molar-refractivity contribution in [2.45, 2.75) is 6.92 Å². The first-order valence-corrected chi connectivity index (χ1v) is 7.57. The molecule has 108 valence electrons. The average molecular weight is 413 g/mol. The molecule has 0 bridgehead atoms. The fourth-order valence-electron chi connectivity index (χ4n) is 1.73. The van der Waals surface area contributed by atoms with E-state index in [1.807, 2.05) is 13.0 Å². The van der Waals surface area contributed by atoms with Gasteiger partial charge in [0.15, 0.2) is 0 Å². The summed E-state index contributed by atoms with van der Waals surface area (Å²) in [5.74, 6) is -1.27. The molecule has 0 heterocycles. The third-order valence-corrected chi connectivity index (χ3v) is 4.43. The predicted octanol–water partition coefficient (Wildman–Crippen LogP) is 4.47. The van der Waals surface area contributed by atoms with Crippen LogP contribution in [0.4, 0.5) is 5.69 Å². The summed E-state index contributed by atoms with van der Waals surface area (Å²) < 4.78 is 1.45. The molecule has 0 aliphatic rings. The lowest BCUT2D eigenvalue weighted by Crippen LogP contribution is -2.12. The van der Waals surface area contributed by atoms with Crippen LogP contribution in [0.2, 0.25) is 0 Å². The van der Waals surface area contributed by atoms with Gasteiger partial charge in [0.1, 0.15) is 0 Å². The molecular weight excluding hydrogens is 402 g/mol. The zero-order chi connectivity index (χ0) is 15.6. The Morgan fingerprint density at radius 3 is 2.24 bits per heavy atom. The van der Waals surface area contributed by atoms with E-state index >= 15 is 0 Å². The van der Waals surface area contributed by atoms with Crippen molar-refractivity contribution >= 4 is 49.4 Å². The van der Waals surface area contributed by atoms with Gasteiger partial charge in [-0.15, -0.1) is 0 Å². The van der Waals surface area contributed by atoms with Crippen LogP contribution in [0.15, 0.2) is 45.3 Å². The molecular formula is C15H11Br2NO3. The number of carboxylic acid groups (broad SMARTS) is 1. The smallest absolute Gasteiger partial charge is 0.335 e. The van der Waals surface area contributed by atoms with E-state index in [4.69, 9.17) is 5.11 Å². The number of nitrogens with one attached hydrogen (secondary N) is 1. The Labute approximate surface area is 138 Å². The maximum Gasteiger partial charge on any atom is 0.335 e. The van der Waals surface area contributed by atoms with Gasteiger partial charge in [0, 0.05) is 14.5 Å². The van der Waals surface area contributed by atoms with Crippen molar-refractivity contribution in [1.82, 2.24) is 0 Å². The normalized spacial score (nSPS) is 10.2. The Balaban J connectivity index is 2.23. The first kappa shape index (κ1) is 15.7. The number of hydrogen-bond donors (Lipinski definition) is 2. The number of hydrogen-bond acceptors (Lipinski definition) is 2. The molecule has 0 aromatic heterocycles. The van der Waals surface area contributed by atoms with Crippen molar-refractivity contribution in [3.05, 3.63) is 62.0 Å². The fourth-order valence-corrected chi connectivity index (χ4v) is 2.45. The minimum atomic E-state index is -1.02. The van der Waals surface area contributed by atoms with Gasteiger partial charge in [-0.25, -0.2) is 4.79 Å². The van der Waals surface area contributed by atoms with Crippen LogP contribution in [0.1, 0.15) is 26.3 Å². The zero-order valence-electron chi connectivity index (χ0n) is 11.0. The second kappa shape index (κ2) is 6.41. The van der Waals surface area contributed by atoms with E-state index in [1.54, 1.807) is 18.2 Å². The van der Waals surface area contributed by atoms with Crippen molar-refractivity contribution in [2.24, 2.45) is 0 Å². The van der Waals surface area contributed by atoms with Crippen LogP contribution < -0.4 is 5.32 Å². The maximum atomic E-state index is 12.2. The molecule has 0 radical (unpaired) electrons. The largest absolute Gasteiger partial charge is 0.478 e. The van der Waals surface area contributed by atoms with Gasteiger partial charge < -0.3 is 10.4 Å². The maximum absolute atomic E-state index is 12.2. The number of carbonyl (C=O) groups is 2. The molecule has 2 aromatic rings. The van der Waals surface area contributed by atoms with Gasteiger partial charge in [-0.1, -0.05) is 15.9 Å². The van der Waals surface area contributed by atoms with Gasteiger partial charge in [-0.2, -0.15) is 0 Å². The molecule has 0 saturated heterocycles. The molecule has 0 atom stereocenters. The summed E-state index contributed by atoms with van der Waals surface area (Å²) in [7, 11) is 0. The molecule has 0 fully saturated rings. The second-order valence-electron chi connectivity index (χ2n) is 4.42. The van der Waals surface area contributed by atoms with Crippen LogP contribution in [0, 0.1) is 6.92 Å². The van der Waals surface area contributed by atoms with Gasteiger partial charge in [0.05, 0.1) is 11.3 Å². The molecule has 2 N–H and O–H groups in total. The predicted molar refractivity (Wildman–Crippen MR) is 87.9 cm³/mol. The number of rotatable bonds is 3. The molecule has 0 saturated carbocycles. The van der Waals surface area contributed by atoms with Crippen LogP contribution in [0.3, 0.4) is 0 Å². The summed E-state index contributed by atoms with van der Waals surface area (Å²) in [6, 6.07) is 9.75. The van der Waals surface area contributed by atoms with E-state index in [2.05, 4.69) is 37.2 Å². The van der Waals surface area contributed by atoms with E-state index in [0.29, 0.717) is 15.7 Å². The number of amides is 1. The van der Waals surface area contributed by atoms with Crippen LogP contribution in [-0.4, -0.2) is 17.0 Å². The Hall–Kier alpha value is -1.66. The molecule has 0 aliphatic carbocycles. The standard InChI is InChI=1S/C15H11Br2NO3/c1-8-6-9(2-4-11(8)16)14(19)18-13-5-3-10(15(20)21)7-12(13)17/h2-7H,1H3,(H,18,19)(H,20,21). The first-order valence-electron chi connectivity index (χ1n) is 5.99. The SMILES string of the molecule is Cc1cc(C(=O)Nc2ccc(C(=O)O)cc2Br)ccc1Br. The minimum absolute atomic E-state index is 0.152. The van der Waals surface area contributed by atoms with Crippen molar-refractivity contribution in [2.75, 3.05) is 5.32 Å². The monoisotopic (exact) mass is 411 g/mol. The summed E-state index contributed by atoms with van der Waals surface area (Å²) in [5.41, 5.74) is 2.16. The number of benzene rings is 2. The molecule has 0 unspecified atom stereocenters. The van der Waals surface area contributed by atoms with Crippen molar-refractivity contribution < 1.29 is 14.7 Å². The first-order chi connectivity index (χ1) is 9.88. The summed E-state index contributed by atoms with van der Waals surface area (Å²) in [4.78, 5) is 23.0. The van der Waals surface area contributed by atoms with Crippen LogP contribution in [0.25, 0.3) is 0 Å². The molecule has 6 heteroatoms. The van der Waals surface area contributed by atoms with Crippen molar-refractivity contribution in [3.63, 3.8) is 0 Å². The number of carboxylic acids is 1. The topological polar surface area (TPSA) is 66.4 Å². The highest BCUT2D eigenvalue weighted by atomic mass is 79.9. The van der Waals surface area contributed by atoms with Gasteiger partial charge >= 0.3 is 5.97 Å². The van der Waals surface area contributed by atoms with E-state index in [-0.39, 0.29) is 11.5 Å². The Morgan fingerprint density at radius 2 is 1.67 bits per heavy atom. The molecule has 21 heavy (non-hydrogen) atoms. The number of aryl methyl sites for hydroxylation is 1. The van der Waals surface area contributed by atoms with Crippen LogP contribution >= 0.6 is 31.9 Å². The van der Waals surface area contributed by atoms with E-state index in [1.165, 1.54) is 12.1 Å². The number of aromatic carboxylic acids is 1. The Bertz CT molecular complexity index is 729. The third-order valence-electron chi connectivity index (χ3n) is 2.88. The molecule has 0 aliphatic heterocycles. The highest BCUT2D eigenvalue weighted by molar-refractivity contribution is 9.10. The number of halogens is 2. The van der Waals surface area contributed by atoms with Gasteiger partial charge in [-0.3, -0.25) is 4.79 Å². The summed E-state index contributed by atoms with van der Waals surface area (Å²) in [6.07, 6.45) is 0. The third kappa shape index (κ3) is 3.71. The summed E-state index contributed by atoms with van der Waals surface area (Å²) in [6.45, 7) is 1.90. The fraction of sp³-hybridized carbons (Fsp3) is 0.0667. The molecule has 4 nitrogen and oxygen atoms in total. The molecule has 2 aromatic carbocycles. The molecule has 0 spiro atoms. The lowest BCUT2D eigenvalue weighted by atomic mass is 10.1. The zero-order valence-corrected chi connectivity index (χ0v) is 14.2. The lowest BCUT2D eigenvalue weighted by Gasteiger charge is -2.09. The average Bonchev–Trinajstić information content (AvgIpc) is 2.43. The Kier molecular flexibility index (Phi) is 4.80. The van der Waals surface area contributed by atoms with E-state index in [0.717, 1.165) is 10.0 Å². The summed E-state index contributed by atoms with van der Waals surface area (Å²) >= 11 is 6.64. The lowest BCUT2D eigenvalue weighted by molar-refractivity contribution is 0.0696. The minimum Gasteiger partial charge on any atom is -0.478 e.